The van der Waals surface area contributed by atoms with Crippen LogP contribution in [0.4, 0.5) is 0 Å². The van der Waals surface area contributed by atoms with E-state index in [0.29, 0.717) is 13.0 Å². The van der Waals surface area contributed by atoms with Crippen molar-refractivity contribution in [2.24, 2.45) is 0 Å². The molecule has 110 valence electrons. The van der Waals surface area contributed by atoms with Crippen LogP contribution in [0.15, 0.2) is 0 Å². The molecular formula is C13H29NO3S. The molecule has 18 heavy (non-hydrogen) atoms. The number of nitrogens with zero attached hydrogens (tertiary/aromatic N) is 1. The van der Waals surface area contributed by atoms with E-state index < -0.39 is 16.3 Å². The van der Waals surface area contributed by atoms with Crippen LogP contribution < -0.4 is 0 Å². The van der Waals surface area contributed by atoms with Crippen LogP contribution in [0.25, 0.3) is 0 Å². The molecule has 0 aliphatic rings. The summed E-state index contributed by atoms with van der Waals surface area (Å²) in [6, 6.07) is 0. The summed E-state index contributed by atoms with van der Waals surface area (Å²) in [7, 11) is -3.29. The lowest BCUT2D eigenvalue weighted by Gasteiger charge is -2.24. The van der Waals surface area contributed by atoms with Crippen molar-refractivity contribution < 1.29 is 13.5 Å². The minimum atomic E-state index is -3.29. The van der Waals surface area contributed by atoms with Gasteiger partial charge in [0.15, 0.2) is 0 Å². The topological polar surface area (TPSA) is 57.6 Å². The van der Waals surface area contributed by atoms with Crippen LogP contribution >= 0.6 is 0 Å². The maximum absolute atomic E-state index is 12.0. The normalized spacial score (nSPS) is 14.1. The first-order valence-electron chi connectivity index (χ1n) is 7.13. The standard InChI is InChI=1S/C13H29NO3S/c1-4-6-7-8-9-10-12-18(16,17)14(11-5-2)13(3)15/h13,15H,4-12H2,1-3H3. The average molecular weight is 279 g/mol. The largest absolute Gasteiger partial charge is 0.378 e. The Balaban J connectivity index is 4.04. The number of unbranched alkanes of at least 4 members (excludes halogenated alkanes) is 5. The fraction of sp³-hybridized carbons (Fsp3) is 1.00. The quantitative estimate of drug-likeness (QED) is 0.467. The van der Waals surface area contributed by atoms with Gasteiger partial charge in [-0.15, -0.1) is 0 Å². The van der Waals surface area contributed by atoms with Crippen LogP contribution in [-0.4, -0.2) is 36.4 Å². The highest BCUT2D eigenvalue weighted by atomic mass is 32.2. The third-order valence-corrected chi connectivity index (χ3v) is 4.98. The minimum Gasteiger partial charge on any atom is -0.378 e. The van der Waals surface area contributed by atoms with Gasteiger partial charge in [0.05, 0.1) is 5.75 Å². The van der Waals surface area contributed by atoms with Crippen molar-refractivity contribution in [3.63, 3.8) is 0 Å². The average Bonchev–Trinajstić information content (AvgIpc) is 2.30. The Kier molecular flexibility index (Phi) is 9.68. The zero-order chi connectivity index (χ0) is 14.0. The molecule has 0 radical (unpaired) electrons. The maximum atomic E-state index is 12.0. The summed E-state index contributed by atoms with van der Waals surface area (Å²) in [5.74, 6) is 0.157. The molecule has 0 saturated carbocycles. The van der Waals surface area contributed by atoms with Gasteiger partial charge >= 0.3 is 0 Å². The molecule has 0 heterocycles. The first-order chi connectivity index (χ1) is 8.45. The van der Waals surface area contributed by atoms with Crippen molar-refractivity contribution in [1.82, 2.24) is 4.31 Å². The molecule has 0 spiro atoms. The van der Waals surface area contributed by atoms with E-state index in [2.05, 4.69) is 6.92 Å². The number of hydrogen-bond donors (Lipinski definition) is 1. The number of aliphatic hydroxyl groups excluding tert-OH is 1. The Bertz CT molecular complexity index is 289. The van der Waals surface area contributed by atoms with Gasteiger partial charge in [0.1, 0.15) is 6.23 Å². The van der Waals surface area contributed by atoms with Gasteiger partial charge in [-0.2, -0.15) is 4.31 Å². The zero-order valence-electron chi connectivity index (χ0n) is 12.1. The predicted octanol–water partition coefficient (Wildman–Crippen LogP) is 2.73. The summed E-state index contributed by atoms with van der Waals surface area (Å²) in [6.07, 6.45) is 6.17. The third kappa shape index (κ3) is 7.34. The van der Waals surface area contributed by atoms with Crippen molar-refractivity contribution in [3.8, 4) is 0 Å². The zero-order valence-corrected chi connectivity index (χ0v) is 12.9. The fourth-order valence-corrected chi connectivity index (χ4v) is 3.69. The van der Waals surface area contributed by atoms with Gasteiger partial charge in [0.2, 0.25) is 10.0 Å². The van der Waals surface area contributed by atoms with Crippen molar-refractivity contribution in [2.75, 3.05) is 12.3 Å². The van der Waals surface area contributed by atoms with Gasteiger partial charge in [0.25, 0.3) is 0 Å². The number of sulfonamides is 1. The van der Waals surface area contributed by atoms with Crippen LogP contribution in [0.2, 0.25) is 0 Å². The van der Waals surface area contributed by atoms with Crippen molar-refractivity contribution in [2.45, 2.75) is 71.9 Å². The molecule has 1 unspecified atom stereocenters. The second-order valence-corrected chi connectivity index (χ2v) is 6.87. The molecule has 1 atom stereocenters. The highest BCUT2D eigenvalue weighted by Crippen LogP contribution is 2.11. The third-order valence-electron chi connectivity index (χ3n) is 2.97. The van der Waals surface area contributed by atoms with E-state index in [1.54, 1.807) is 0 Å². The molecule has 0 aromatic heterocycles. The Morgan fingerprint density at radius 3 is 2.06 bits per heavy atom. The fourth-order valence-electron chi connectivity index (χ4n) is 1.96. The van der Waals surface area contributed by atoms with E-state index >= 15 is 0 Å². The number of aliphatic hydroxyl groups is 1. The lowest BCUT2D eigenvalue weighted by molar-refractivity contribution is 0.0802. The first-order valence-corrected chi connectivity index (χ1v) is 8.74. The summed E-state index contributed by atoms with van der Waals surface area (Å²) in [5.41, 5.74) is 0. The summed E-state index contributed by atoms with van der Waals surface area (Å²) in [6.45, 7) is 5.98. The van der Waals surface area contributed by atoms with E-state index in [1.165, 1.54) is 30.5 Å². The number of hydrogen-bond acceptors (Lipinski definition) is 3. The summed E-state index contributed by atoms with van der Waals surface area (Å²) < 4.78 is 25.2. The summed E-state index contributed by atoms with van der Waals surface area (Å²) >= 11 is 0. The molecule has 0 aliphatic heterocycles. The molecule has 0 bridgehead atoms. The monoisotopic (exact) mass is 279 g/mol. The van der Waals surface area contributed by atoms with Crippen molar-refractivity contribution in [1.29, 1.82) is 0 Å². The predicted molar refractivity (Wildman–Crippen MR) is 75.8 cm³/mol. The molecule has 0 aromatic rings. The first kappa shape index (κ1) is 17.9. The van der Waals surface area contributed by atoms with Gasteiger partial charge in [0, 0.05) is 6.54 Å². The van der Waals surface area contributed by atoms with E-state index in [4.69, 9.17) is 0 Å². The Morgan fingerprint density at radius 2 is 1.56 bits per heavy atom. The summed E-state index contributed by atoms with van der Waals surface area (Å²) in [4.78, 5) is 0. The molecule has 0 fully saturated rings. The second-order valence-electron chi connectivity index (χ2n) is 4.83. The number of rotatable bonds is 11. The Hall–Kier alpha value is -0.130. The molecule has 0 rings (SSSR count). The van der Waals surface area contributed by atoms with E-state index in [-0.39, 0.29) is 5.75 Å². The highest BCUT2D eigenvalue weighted by Gasteiger charge is 2.24. The van der Waals surface area contributed by atoms with Crippen molar-refractivity contribution >= 4 is 10.0 Å². The van der Waals surface area contributed by atoms with Gasteiger partial charge in [-0.05, 0) is 19.8 Å². The van der Waals surface area contributed by atoms with Gasteiger partial charge < -0.3 is 5.11 Å². The van der Waals surface area contributed by atoms with Crippen LogP contribution in [0.1, 0.15) is 65.7 Å². The van der Waals surface area contributed by atoms with Gasteiger partial charge in [-0.1, -0.05) is 46.0 Å². The molecule has 0 aliphatic carbocycles. The molecule has 5 heteroatoms. The minimum absolute atomic E-state index is 0.157. The molecule has 4 nitrogen and oxygen atoms in total. The van der Waals surface area contributed by atoms with Gasteiger partial charge in [-0.3, -0.25) is 0 Å². The van der Waals surface area contributed by atoms with Gasteiger partial charge in [-0.25, -0.2) is 8.42 Å². The van der Waals surface area contributed by atoms with Crippen LogP contribution in [0, 0.1) is 0 Å². The molecular weight excluding hydrogens is 250 g/mol. The lowest BCUT2D eigenvalue weighted by atomic mass is 10.1. The highest BCUT2D eigenvalue weighted by molar-refractivity contribution is 7.89. The lowest BCUT2D eigenvalue weighted by Crippen LogP contribution is -2.40. The smallest absolute Gasteiger partial charge is 0.216 e. The van der Waals surface area contributed by atoms with E-state index in [9.17, 15) is 13.5 Å². The second kappa shape index (κ2) is 9.75. The summed E-state index contributed by atoms with van der Waals surface area (Å²) in [5, 5.41) is 9.50. The Morgan fingerprint density at radius 1 is 1.00 bits per heavy atom. The Labute approximate surface area is 112 Å². The van der Waals surface area contributed by atoms with E-state index in [1.807, 2.05) is 6.92 Å². The van der Waals surface area contributed by atoms with Crippen molar-refractivity contribution in [3.05, 3.63) is 0 Å². The molecule has 0 aromatic carbocycles. The molecule has 0 amide bonds. The molecule has 0 saturated heterocycles. The maximum Gasteiger partial charge on any atom is 0.216 e. The van der Waals surface area contributed by atoms with Crippen LogP contribution in [0.5, 0.6) is 0 Å². The van der Waals surface area contributed by atoms with Crippen LogP contribution in [-0.2, 0) is 10.0 Å². The van der Waals surface area contributed by atoms with Crippen LogP contribution in [0.3, 0.4) is 0 Å². The molecule has 1 N–H and O–H groups in total. The van der Waals surface area contributed by atoms with E-state index in [0.717, 1.165) is 19.3 Å². The SMILES string of the molecule is CCCCCCCCS(=O)(=O)N(CCC)C(C)O.